The zero-order valence-corrected chi connectivity index (χ0v) is 15.0. The molecule has 0 spiro atoms. The molecule has 1 amide bonds. The number of amides is 1. The highest BCUT2D eigenvalue weighted by Crippen LogP contribution is 2.33. The van der Waals surface area contributed by atoms with E-state index in [2.05, 4.69) is 34.1 Å². The van der Waals surface area contributed by atoms with Crippen LogP contribution < -0.4 is 11.0 Å². The van der Waals surface area contributed by atoms with Crippen LogP contribution in [0.15, 0.2) is 10.9 Å². The fraction of sp³-hybridized carbons (Fsp3) is 0.529. The van der Waals surface area contributed by atoms with E-state index in [9.17, 15) is 9.59 Å². The number of aromatic amines is 1. The SMILES string of the molecule is Cc1nc2c(s1)CCC[C@H]2NC(=O)c1cc(CC(C)C)[nH]c(=O)n1. The maximum atomic E-state index is 12.6. The third-order valence-electron chi connectivity index (χ3n) is 4.03. The first-order valence-electron chi connectivity index (χ1n) is 8.29. The number of hydrogen-bond acceptors (Lipinski definition) is 5. The molecule has 3 rings (SSSR count). The molecule has 0 saturated heterocycles. The van der Waals surface area contributed by atoms with Crippen LogP contribution in [0.1, 0.15) is 64.5 Å². The maximum absolute atomic E-state index is 12.6. The Morgan fingerprint density at radius 2 is 2.25 bits per heavy atom. The molecule has 2 heterocycles. The van der Waals surface area contributed by atoms with Crippen LogP contribution in [0.2, 0.25) is 0 Å². The standard InChI is InChI=1S/C17H22N4O2S/c1-9(2)7-11-8-13(21-17(23)19-11)16(22)20-12-5-4-6-14-15(12)18-10(3)24-14/h8-9,12H,4-7H2,1-3H3,(H,20,22)(H,19,21,23)/t12-/m1/s1. The van der Waals surface area contributed by atoms with Crippen molar-refractivity contribution in [1.29, 1.82) is 0 Å². The van der Waals surface area contributed by atoms with Crippen molar-refractivity contribution in [3.8, 4) is 0 Å². The van der Waals surface area contributed by atoms with E-state index < -0.39 is 5.69 Å². The molecule has 0 unspecified atom stereocenters. The first-order valence-corrected chi connectivity index (χ1v) is 9.11. The van der Waals surface area contributed by atoms with Gasteiger partial charge in [0.15, 0.2) is 0 Å². The topological polar surface area (TPSA) is 87.7 Å². The number of carbonyl (C=O) groups excluding carboxylic acids is 1. The molecule has 0 fully saturated rings. The molecule has 0 aliphatic heterocycles. The molecule has 24 heavy (non-hydrogen) atoms. The molecule has 2 aromatic heterocycles. The lowest BCUT2D eigenvalue weighted by molar-refractivity contribution is 0.0926. The number of H-pyrrole nitrogens is 1. The van der Waals surface area contributed by atoms with Gasteiger partial charge in [-0.15, -0.1) is 11.3 Å². The van der Waals surface area contributed by atoms with Gasteiger partial charge in [-0.25, -0.2) is 9.78 Å². The molecular formula is C17H22N4O2S. The summed E-state index contributed by atoms with van der Waals surface area (Å²) in [6.45, 7) is 6.11. The van der Waals surface area contributed by atoms with Crippen LogP contribution in [0.25, 0.3) is 0 Å². The van der Waals surface area contributed by atoms with E-state index in [1.807, 2.05) is 6.92 Å². The zero-order chi connectivity index (χ0) is 17.3. The first kappa shape index (κ1) is 16.8. The second-order valence-electron chi connectivity index (χ2n) is 6.65. The van der Waals surface area contributed by atoms with E-state index in [0.29, 0.717) is 12.3 Å². The van der Waals surface area contributed by atoms with E-state index in [1.165, 1.54) is 4.88 Å². The predicted octanol–water partition coefficient (Wildman–Crippen LogP) is 2.54. The minimum atomic E-state index is -0.480. The average molecular weight is 346 g/mol. The van der Waals surface area contributed by atoms with Gasteiger partial charge in [-0.3, -0.25) is 4.79 Å². The summed E-state index contributed by atoms with van der Waals surface area (Å²) in [5.74, 6) is 0.0763. The molecule has 0 saturated carbocycles. The fourth-order valence-corrected chi connectivity index (χ4v) is 4.13. The molecule has 2 N–H and O–H groups in total. The van der Waals surface area contributed by atoms with Crippen molar-refractivity contribution >= 4 is 17.2 Å². The van der Waals surface area contributed by atoms with Crippen molar-refractivity contribution in [3.05, 3.63) is 43.5 Å². The number of nitrogens with zero attached hydrogens (tertiary/aromatic N) is 2. The Morgan fingerprint density at radius 1 is 1.46 bits per heavy atom. The van der Waals surface area contributed by atoms with Gasteiger partial charge < -0.3 is 10.3 Å². The van der Waals surface area contributed by atoms with Crippen LogP contribution in [0.5, 0.6) is 0 Å². The van der Waals surface area contributed by atoms with Gasteiger partial charge in [0.1, 0.15) is 5.69 Å². The minimum absolute atomic E-state index is 0.0964. The Balaban J connectivity index is 1.81. The zero-order valence-electron chi connectivity index (χ0n) is 14.2. The fourth-order valence-electron chi connectivity index (χ4n) is 3.09. The summed E-state index contributed by atoms with van der Waals surface area (Å²) in [6.07, 6.45) is 3.62. The number of fused-ring (bicyclic) bond motifs is 1. The lowest BCUT2D eigenvalue weighted by Crippen LogP contribution is -2.33. The predicted molar refractivity (Wildman–Crippen MR) is 93.4 cm³/mol. The highest BCUT2D eigenvalue weighted by Gasteiger charge is 2.26. The molecule has 0 aromatic carbocycles. The van der Waals surface area contributed by atoms with Gasteiger partial charge in [0.2, 0.25) is 0 Å². The second-order valence-corrected chi connectivity index (χ2v) is 7.94. The number of rotatable bonds is 4. The summed E-state index contributed by atoms with van der Waals surface area (Å²) < 4.78 is 0. The summed E-state index contributed by atoms with van der Waals surface area (Å²) >= 11 is 1.70. The van der Waals surface area contributed by atoms with Gasteiger partial charge >= 0.3 is 5.69 Å². The van der Waals surface area contributed by atoms with Gasteiger partial charge in [0.05, 0.1) is 16.7 Å². The highest BCUT2D eigenvalue weighted by atomic mass is 32.1. The number of hydrogen-bond donors (Lipinski definition) is 2. The third-order valence-corrected chi connectivity index (χ3v) is 5.07. The van der Waals surface area contributed by atoms with E-state index in [0.717, 1.165) is 35.7 Å². The van der Waals surface area contributed by atoms with Gasteiger partial charge in [-0.1, -0.05) is 13.8 Å². The normalized spacial score (nSPS) is 16.9. The lowest BCUT2D eigenvalue weighted by atomic mass is 9.97. The molecule has 7 heteroatoms. The molecule has 6 nitrogen and oxygen atoms in total. The number of carbonyl (C=O) groups is 1. The van der Waals surface area contributed by atoms with Crippen molar-refractivity contribution in [3.63, 3.8) is 0 Å². The first-order chi connectivity index (χ1) is 11.4. The van der Waals surface area contributed by atoms with Crippen LogP contribution in [-0.2, 0) is 12.8 Å². The Bertz CT molecular complexity index is 809. The number of thiazole rings is 1. The largest absolute Gasteiger partial charge is 0.345 e. The van der Waals surface area contributed by atoms with E-state index in [-0.39, 0.29) is 17.6 Å². The van der Waals surface area contributed by atoms with Crippen LogP contribution in [-0.4, -0.2) is 20.9 Å². The van der Waals surface area contributed by atoms with E-state index in [4.69, 9.17) is 0 Å². The monoisotopic (exact) mass is 346 g/mol. The molecule has 1 atom stereocenters. The summed E-state index contributed by atoms with van der Waals surface area (Å²) in [6, 6.07) is 1.58. The van der Waals surface area contributed by atoms with Gasteiger partial charge in [0, 0.05) is 10.6 Å². The van der Waals surface area contributed by atoms with Crippen LogP contribution in [0.3, 0.4) is 0 Å². The van der Waals surface area contributed by atoms with Crippen LogP contribution in [0.4, 0.5) is 0 Å². The summed E-state index contributed by atoms with van der Waals surface area (Å²) in [4.78, 5) is 36.7. The molecule has 2 aromatic rings. The Morgan fingerprint density at radius 3 is 3.00 bits per heavy atom. The summed E-state index contributed by atoms with van der Waals surface area (Å²) in [5.41, 5.74) is 1.41. The lowest BCUT2D eigenvalue weighted by Gasteiger charge is -2.22. The highest BCUT2D eigenvalue weighted by molar-refractivity contribution is 7.11. The number of nitrogens with one attached hydrogen (secondary N) is 2. The summed E-state index contributed by atoms with van der Waals surface area (Å²) in [5, 5.41) is 4.03. The van der Waals surface area contributed by atoms with Crippen molar-refractivity contribution in [1.82, 2.24) is 20.3 Å². The average Bonchev–Trinajstić information content (AvgIpc) is 2.87. The van der Waals surface area contributed by atoms with Crippen molar-refractivity contribution < 1.29 is 4.79 Å². The Hall–Kier alpha value is -2.02. The van der Waals surface area contributed by atoms with Crippen LogP contribution in [0, 0.1) is 12.8 Å². The van der Waals surface area contributed by atoms with Crippen molar-refractivity contribution in [2.75, 3.05) is 0 Å². The van der Waals surface area contributed by atoms with E-state index in [1.54, 1.807) is 17.4 Å². The Kier molecular flexibility index (Phi) is 4.80. The number of aryl methyl sites for hydroxylation is 2. The molecular weight excluding hydrogens is 324 g/mol. The minimum Gasteiger partial charge on any atom is -0.342 e. The number of aromatic nitrogens is 3. The van der Waals surface area contributed by atoms with Gasteiger partial charge in [-0.05, 0) is 44.6 Å². The second kappa shape index (κ2) is 6.84. The van der Waals surface area contributed by atoms with Gasteiger partial charge in [0.25, 0.3) is 5.91 Å². The van der Waals surface area contributed by atoms with Crippen molar-refractivity contribution in [2.24, 2.45) is 5.92 Å². The quantitative estimate of drug-likeness (QED) is 0.890. The molecule has 1 aliphatic carbocycles. The van der Waals surface area contributed by atoms with E-state index >= 15 is 0 Å². The maximum Gasteiger partial charge on any atom is 0.345 e. The van der Waals surface area contributed by atoms with Gasteiger partial charge in [-0.2, -0.15) is 4.98 Å². The molecule has 128 valence electrons. The third kappa shape index (κ3) is 3.72. The molecule has 1 aliphatic rings. The molecule has 0 radical (unpaired) electrons. The summed E-state index contributed by atoms with van der Waals surface area (Å²) in [7, 11) is 0. The smallest absolute Gasteiger partial charge is 0.342 e. The van der Waals surface area contributed by atoms with Crippen LogP contribution >= 0.6 is 11.3 Å². The van der Waals surface area contributed by atoms with Crippen molar-refractivity contribution in [2.45, 2.75) is 52.5 Å². The Labute approximate surface area is 144 Å². The molecule has 0 bridgehead atoms.